The summed E-state index contributed by atoms with van der Waals surface area (Å²) in [4.78, 5) is 23.0. The average molecular weight is 222 g/mol. The lowest BCUT2D eigenvalue weighted by Crippen LogP contribution is -2.45. The molecular formula is C12H11FO3. The molecule has 1 unspecified atom stereocenters. The summed E-state index contributed by atoms with van der Waals surface area (Å²) >= 11 is 0. The first-order valence-electron chi connectivity index (χ1n) is 4.96. The Kier molecular flexibility index (Phi) is 2.30. The zero-order valence-electron chi connectivity index (χ0n) is 9.04. The van der Waals surface area contributed by atoms with Gasteiger partial charge in [0.2, 0.25) is 0 Å². The lowest BCUT2D eigenvalue weighted by Gasteiger charge is -2.32. The molecule has 0 aliphatic carbocycles. The van der Waals surface area contributed by atoms with E-state index in [4.69, 9.17) is 4.74 Å². The maximum Gasteiger partial charge on any atom is 0.339 e. The van der Waals surface area contributed by atoms with Crippen molar-refractivity contribution in [2.75, 3.05) is 0 Å². The molecule has 1 aliphatic rings. The number of hydrogen-bond donors (Lipinski definition) is 0. The van der Waals surface area contributed by atoms with Gasteiger partial charge in [-0.05, 0) is 26.0 Å². The second kappa shape index (κ2) is 3.40. The van der Waals surface area contributed by atoms with Crippen molar-refractivity contribution >= 4 is 11.8 Å². The molecule has 84 valence electrons. The normalized spacial score (nSPS) is 23.6. The highest BCUT2D eigenvalue weighted by Crippen LogP contribution is 2.30. The largest absolute Gasteiger partial charge is 0.447 e. The number of carbonyl (C=O) groups excluding carboxylic acids is 2. The molecule has 0 saturated carbocycles. The van der Waals surface area contributed by atoms with Crippen molar-refractivity contribution in [3.63, 3.8) is 0 Å². The van der Waals surface area contributed by atoms with Gasteiger partial charge in [-0.25, -0.2) is 9.18 Å². The summed E-state index contributed by atoms with van der Waals surface area (Å²) < 4.78 is 18.6. The molecule has 1 atom stereocenters. The smallest absolute Gasteiger partial charge is 0.339 e. The van der Waals surface area contributed by atoms with Crippen LogP contribution >= 0.6 is 0 Å². The van der Waals surface area contributed by atoms with Crippen LogP contribution in [0.4, 0.5) is 4.39 Å². The second-order valence-electron chi connectivity index (χ2n) is 4.12. The van der Waals surface area contributed by atoms with Crippen LogP contribution in [0.15, 0.2) is 18.2 Å². The standard InChI is InChI=1S/C12H11FO3/c1-7(14)12(2)6-9-8(11(15)16-12)4-3-5-10(9)13/h3-5H,6H2,1-2H3. The summed E-state index contributed by atoms with van der Waals surface area (Å²) in [5.74, 6) is -1.39. The van der Waals surface area contributed by atoms with Crippen molar-refractivity contribution in [3.8, 4) is 0 Å². The quantitative estimate of drug-likeness (QED) is 0.681. The number of ketones is 1. The van der Waals surface area contributed by atoms with E-state index in [9.17, 15) is 14.0 Å². The third kappa shape index (κ3) is 1.50. The summed E-state index contributed by atoms with van der Waals surface area (Å²) in [7, 11) is 0. The molecule has 0 N–H and O–H groups in total. The van der Waals surface area contributed by atoms with Crippen LogP contribution < -0.4 is 0 Å². The molecule has 0 spiro atoms. The van der Waals surface area contributed by atoms with Crippen LogP contribution in [0.1, 0.15) is 29.8 Å². The molecule has 3 nitrogen and oxygen atoms in total. The molecule has 1 aliphatic heterocycles. The Morgan fingerprint density at radius 3 is 2.81 bits per heavy atom. The van der Waals surface area contributed by atoms with Crippen LogP contribution in [0.2, 0.25) is 0 Å². The van der Waals surface area contributed by atoms with Gasteiger partial charge in [0.05, 0.1) is 5.56 Å². The van der Waals surface area contributed by atoms with Gasteiger partial charge in [-0.15, -0.1) is 0 Å². The van der Waals surface area contributed by atoms with E-state index in [1.807, 2.05) is 0 Å². The summed E-state index contributed by atoms with van der Waals surface area (Å²) in [5.41, 5.74) is -0.776. The van der Waals surface area contributed by atoms with Gasteiger partial charge >= 0.3 is 5.97 Å². The molecule has 0 fully saturated rings. The first-order chi connectivity index (χ1) is 7.44. The molecule has 0 saturated heterocycles. The Morgan fingerprint density at radius 2 is 2.19 bits per heavy atom. The van der Waals surface area contributed by atoms with Crippen LogP contribution in [-0.2, 0) is 16.0 Å². The van der Waals surface area contributed by atoms with Crippen molar-refractivity contribution in [3.05, 3.63) is 35.1 Å². The minimum Gasteiger partial charge on any atom is -0.447 e. The number of hydrogen-bond acceptors (Lipinski definition) is 3. The number of esters is 1. The first kappa shape index (κ1) is 10.8. The van der Waals surface area contributed by atoms with E-state index in [-0.39, 0.29) is 23.3 Å². The Hall–Kier alpha value is -1.71. The first-order valence-corrected chi connectivity index (χ1v) is 4.96. The zero-order valence-corrected chi connectivity index (χ0v) is 9.04. The van der Waals surface area contributed by atoms with Crippen LogP contribution in [0.5, 0.6) is 0 Å². The fraction of sp³-hybridized carbons (Fsp3) is 0.333. The molecule has 2 rings (SSSR count). The van der Waals surface area contributed by atoms with Gasteiger partial charge in [0.1, 0.15) is 5.82 Å². The Balaban J connectivity index is 2.54. The monoisotopic (exact) mass is 222 g/mol. The third-order valence-electron chi connectivity index (χ3n) is 2.92. The number of rotatable bonds is 1. The molecule has 0 aromatic heterocycles. The SMILES string of the molecule is CC(=O)C1(C)Cc2c(F)cccc2C(=O)O1. The number of carbonyl (C=O) groups is 2. The van der Waals surface area contributed by atoms with Crippen molar-refractivity contribution in [2.24, 2.45) is 0 Å². The van der Waals surface area contributed by atoms with Crippen LogP contribution in [0, 0.1) is 5.82 Å². The van der Waals surface area contributed by atoms with Gasteiger partial charge in [-0.1, -0.05) is 6.07 Å². The molecule has 0 bridgehead atoms. The van der Waals surface area contributed by atoms with Crippen molar-refractivity contribution < 1.29 is 18.7 Å². The molecule has 1 aromatic carbocycles. The fourth-order valence-electron chi connectivity index (χ4n) is 1.76. The highest BCUT2D eigenvalue weighted by atomic mass is 19.1. The minimum absolute atomic E-state index is 0.0933. The van der Waals surface area contributed by atoms with E-state index in [1.54, 1.807) is 0 Å². The molecule has 16 heavy (non-hydrogen) atoms. The van der Waals surface area contributed by atoms with Crippen LogP contribution in [0.3, 0.4) is 0 Å². The van der Waals surface area contributed by atoms with E-state index >= 15 is 0 Å². The molecular weight excluding hydrogens is 211 g/mol. The van der Waals surface area contributed by atoms with Gasteiger partial charge in [-0.3, -0.25) is 4.79 Å². The van der Waals surface area contributed by atoms with Gasteiger partial charge in [-0.2, -0.15) is 0 Å². The maximum absolute atomic E-state index is 13.5. The van der Waals surface area contributed by atoms with E-state index in [2.05, 4.69) is 0 Å². The van der Waals surface area contributed by atoms with Gasteiger partial charge in [0.15, 0.2) is 11.4 Å². The fourth-order valence-corrected chi connectivity index (χ4v) is 1.76. The summed E-state index contributed by atoms with van der Waals surface area (Å²) in [5, 5.41) is 0. The molecule has 0 radical (unpaired) electrons. The Labute approximate surface area is 92.2 Å². The topological polar surface area (TPSA) is 43.4 Å². The van der Waals surface area contributed by atoms with E-state index in [0.29, 0.717) is 0 Å². The van der Waals surface area contributed by atoms with Crippen molar-refractivity contribution in [1.82, 2.24) is 0 Å². The number of benzene rings is 1. The third-order valence-corrected chi connectivity index (χ3v) is 2.92. The van der Waals surface area contributed by atoms with Gasteiger partial charge in [0, 0.05) is 12.0 Å². The highest BCUT2D eigenvalue weighted by Gasteiger charge is 2.41. The minimum atomic E-state index is -1.24. The van der Waals surface area contributed by atoms with Crippen molar-refractivity contribution in [2.45, 2.75) is 25.9 Å². The van der Waals surface area contributed by atoms with Crippen molar-refractivity contribution in [1.29, 1.82) is 0 Å². The van der Waals surface area contributed by atoms with E-state index < -0.39 is 17.4 Å². The van der Waals surface area contributed by atoms with E-state index in [0.717, 1.165) is 0 Å². The number of ether oxygens (including phenoxy) is 1. The molecule has 0 amide bonds. The zero-order chi connectivity index (χ0) is 11.9. The summed E-state index contributed by atoms with van der Waals surface area (Å²) in [6, 6.07) is 4.23. The van der Waals surface area contributed by atoms with Gasteiger partial charge in [0.25, 0.3) is 0 Å². The number of cyclic esters (lactones) is 1. The maximum atomic E-state index is 13.5. The predicted molar refractivity (Wildman–Crippen MR) is 54.6 cm³/mol. The van der Waals surface area contributed by atoms with Crippen LogP contribution in [-0.4, -0.2) is 17.4 Å². The second-order valence-corrected chi connectivity index (χ2v) is 4.12. The lowest BCUT2D eigenvalue weighted by molar-refractivity contribution is -0.135. The summed E-state index contributed by atoms with van der Waals surface area (Å²) in [6.45, 7) is 2.84. The highest BCUT2D eigenvalue weighted by molar-refractivity contribution is 5.97. The number of Topliss-reactive ketones (excluding diaryl/α,β-unsaturated/α-hetero) is 1. The molecule has 1 heterocycles. The summed E-state index contributed by atoms with van der Waals surface area (Å²) in [6.07, 6.45) is 0.0933. The molecule has 4 heteroatoms. The Bertz CT molecular complexity index is 481. The number of fused-ring (bicyclic) bond motifs is 1. The lowest BCUT2D eigenvalue weighted by atomic mass is 9.87. The molecule has 1 aromatic rings. The predicted octanol–water partition coefficient (Wildman–Crippen LogP) is 1.89. The Morgan fingerprint density at radius 1 is 1.50 bits per heavy atom. The van der Waals surface area contributed by atoms with Gasteiger partial charge < -0.3 is 4.74 Å². The van der Waals surface area contributed by atoms with E-state index in [1.165, 1.54) is 32.0 Å². The average Bonchev–Trinajstić information content (AvgIpc) is 2.19. The number of halogens is 1. The van der Waals surface area contributed by atoms with Crippen LogP contribution in [0.25, 0.3) is 0 Å².